The van der Waals surface area contributed by atoms with Crippen molar-refractivity contribution in [1.82, 2.24) is 4.90 Å². The molecule has 1 fully saturated rings. The summed E-state index contributed by atoms with van der Waals surface area (Å²) < 4.78 is 0.973. The van der Waals surface area contributed by atoms with Crippen LogP contribution >= 0.6 is 15.9 Å². The Morgan fingerprint density at radius 3 is 2.37 bits per heavy atom. The van der Waals surface area contributed by atoms with Crippen molar-refractivity contribution in [3.05, 3.63) is 34.3 Å². The van der Waals surface area contributed by atoms with Gasteiger partial charge in [-0.05, 0) is 56.9 Å². The maximum atomic E-state index is 12.4. The maximum Gasteiger partial charge on any atom is 0.253 e. The zero-order valence-electron chi connectivity index (χ0n) is 11.4. The van der Waals surface area contributed by atoms with E-state index in [1.165, 1.54) is 0 Å². The Kier molecular flexibility index (Phi) is 4.31. The highest BCUT2D eigenvalue weighted by atomic mass is 79.9. The largest absolute Gasteiger partial charge is 0.390 e. The molecule has 4 heteroatoms. The molecule has 1 amide bonds. The first-order valence-electron chi connectivity index (χ1n) is 6.64. The van der Waals surface area contributed by atoms with Crippen LogP contribution in [-0.2, 0) is 0 Å². The van der Waals surface area contributed by atoms with Gasteiger partial charge in [-0.3, -0.25) is 4.79 Å². The maximum absolute atomic E-state index is 12.4. The molecule has 0 atom stereocenters. The second kappa shape index (κ2) is 5.63. The minimum Gasteiger partial charge on any atom is -0.390 e. The molecule has 19 heavy (non-hydrogen) atoms. The van der Waals surface area contributed by atoms with Gasteiger partial charge in [0.2, 0.25) is 0 Å². The summed E-state index contributed by atoms with van der Waals surface area (Å²) in [6.07, 6.45) is 3.25. The zero-order chi connectivity index (χ0) is 14.0. The average molecular weight is 326 g/mol. The summed E-state index contributed by atoms with van der Waals surface area (Å²) in [5.41, 5.74) is 0.154. The van der Waals surface area contributed by atoms with Crippen LogP contribution in [0.4, 0.5) is 0 Å². The van der Waals surface area contributed by atoms with Gasteiger partial charge in [-0.2, -0.15) is 0 Å². The van der Waals surface area contributed by atoms with Crippen molar-refractivity contribution < 1.29 is 9.90 Å². The Morgan fingerprint density at radius 1 is 1.32 bits per heavy atom. The second-order valence-corrected chi connectivity index (χ2v) is 6.57. The highest BCUT2D eigenvalue weighted by Gasteiger charge is 2.32. The summed E-state index contributed by atoms with van der Waals surface area (Å²) in [5.74, 6) is 0.0547. The van der Waals surface area contributed by atoms with Crippen LogP contribution in [0.5, 0.6) is 0 Å². The highest BCUT2D eigenvalue weighted by Crippen LogP contribution is 2.30. The van der Waals surface area contributed by atoms with Crippen molar-refractivity contribution in [1.29, 1.82) is 0 Å². The van der Waals surface area contributed by atoms with E-state index >= 15 is 0 Å². The van der Waals surface area contributed by atoms with E-state index in [1.54, 1.807) is 0 Å². The third-order valence-corrected chi connectivity index (χ3v) is 4.52. The predicted molar refractivity (Wildman–Crippen MR) is 79.1 cm³/mol. The molecule has 0 heterocycles. The number of halogens is 1. The molecule has 0 unspecified atom stereocenters. The fourth-order valence-corrected chi connectivity index (χ4v) is 2.84. The van der Waals surface area contributed by atoms with E-state index in [-0.39, 0.29) is 11.9 Å². The summed E-state index contributed by atoms with van der Waals surface area (Å²) in [4.78, 5) is 14.2. The lowest BCUT2D eigenvalue weighted by Crippen LogP contribution is -2.43. The molecule has 1 saturated carbocycles. The molecule has 1 aliphatic rings. The second-order valence-electron chi connectivity index (χ2n) is 5.65. The van der Waals surface area contributed by atoms with Crippen LogP contribution in [-0.4, -0.2) is 34.6 Å². The minimum atomic E-state index is -0.558. The molecule has 104 valence electrons. The summed E-state index contributed by atoms with van der Waals surface area (Å²) in [6, 6.07) is 7.67. The molecular weight excluding hydrogens is 306 g/mol. The predicted octanol–water partition coefficient (Wildman–Crippen LogP) is 3.21. The topological polar surface area (TPSA) is 40.5 Å². The Labute approximate surface area is 122 Å². The summed E-state index contributed by atoms with van der Waals surface area (Å²) in [7, 11) is 1.86. The monoisotopic (exact) mass is 325 g/mol. The van der Waals surface area contributed by atoms with E-state index in [0.717, 1.165) is 30.2 Å². The van der Waals surface area contributed by atoms with Gasteiger partial charge in [0.25, 0.3) is 5.91 Å². The van der Waals surface area contributed by atoms with Gasteiger partial charge in [-0.1, -0.05) is 15.9 Å². The first-order chi connectivity index (χ1) is 8.89. The smallest absolute Gasteiger partial charge is 0.253 e. The van der Waals surface area contributed by atoms with Crippen molar-refractivity contribution >= 4 is 21.8 Å². The van der Waals surface area contributed by atoms with Crippen molar-refractivity contribution in [2.45, 2.75) is 44.2 Å². The van der Waals surface area contributed by atoms with Crippen molar-refractivity contribution in [2.24, 2.45) is 0 Å². The molecule has 0 radical (unpaired) electrons. The fraction of sp³-hybridized carbons (Fsp3) is 0.533. The van der Waals surface area contributed by atoms with Crippen LogP contribution in [0.15, 0.2) is 28.7 Å². The molecule has 0 aliphatic heterocycles. The van der Waals surface area contributed by atoms with Crippen molar-refractivity contribution in [3.63, 3.8) is 0 Å². The van der Waals surface area contributed by atoms with E-state index in [2.05, 4.69) is 15.9 Å². The van der Waals surface area contributed by atoms with E-state index in [9.17, 15) is 9.90 Å². The van der Waals surface area contributed by atoms with Gasteiger partial charge >= 0.3 is 0 Å². The normalized spacial score (nSPS) is 27.1. The van der Waals surface area contributed by atoms with E-state index < -0.39 is 5.60 Å². The summed E-state index contributed by atoms with van der Waals surface area (Å²) in [6.45, 7) is 1.87. The molecule has 0 spiro atoms. The molecule has 1 aromatic rings. The Bertz CT molecular complexity index is 446. The number of aliphatic hydroxyl groups is 1. The fourth-order valence-electron chi connectivity index (χ4n) is 2.57. The quantitative estimate of drug-likeness (QED) is 0.907. The minimum absolute atomic E-state index is 0.0547. The average Bonchev–Trinajstić information content (AvgIpc) is 2.38. The third-order valence-electron chi connectivity index (χ3n) is 3.99. The van der Waals surface area contributed by atoms with Gasteiger partial charge in [0.05, 0.1) is 5.60 Å². The lowest BCUT2D eigenvalue weighted by molar-refractivity contribution is -0.000211. The Balaban J connectivity index is 2.02. The lowest BCUT2D eigenvalue weighted by Gasteiger charge is -2.37. The first-order valence-corrected chi connectivity index (χ1v) is 7.43. The van der Waals surface area contributed by atoms with Gasteiger partial charge in [-0.25, -0.2) is 0 Å². The number of nitrogens with zero attached hydrogens (tertiary/aromatic N) is 1. The van der Waals surface area contributed by atoms with Crippen LogP contribution in [0.1, 0.15) is 43.0 Å². The van der Waals surface area contributed by atoms with Gasteiger partial charge in [-0.15, -0.1) is 0 Å². The van der Waals surface area contributed by atoms with Crippen LogP contribution in [0, 0.1) is 0 Å². The number of benzene rings is 1. The standard InChI is InChI=1S/C15H20BrNO2/c1-15(19)9-7-13(8-10-15)17(2)14(18)11-3-5-12(16)6-4-11/h3-6,13,19H,7-10H2,1-2H3/t13-,15+. The number of hydrogen-bond donors (Lipinski definition) is 1. The van der Waals surface area contributed by atoms with Crippen LogP contribution in [0.3, 0.4) is 0 Å². The first kappa shape index (κ1) is 14.5. The Morgan fingerprint density at radius 2 is 1.84 bits per heavy atom. The SMILES string of the molecule is CN(C(=O)c1ccc(Br)cc1)[C@H]1CC[C@@](C)(O)CC1. The van der Waals surface area contributed by atoms with Gasteiger partial charge in [0.15, 0.2) is 0 Å². The number of rotatable bonds is 2. The van der Waals surface area contributed by atoms with Crippen LogP contribution < -0.4 is 0 Å². The zero-order valence-corrected chi connectivity index (χ0v) is 13.0. The lowest BCUT2D eigenvalue weighted by atomic mass is 9.83. The number of hydrogen-bond acceptors (Lipinski definition) is 2. The third kappa shape index (κ3) is 3.57. The molecule has 0 bridgehead atoms. The number of carbonyl (C=O) groups is 1. The number of carbonyl (C=O) groups excluding carboxylic acids is 1. The summed E-state index contributed by atoms with van der Waals surface area (Å²) in [5, 5.41) is 9.95. The van der Waals surface area contributed by atoms with Gasteiger partial charge < -0.3 is 10.0 Å². The van der Waals surface area contributed by atoms with E-state index in [1.807, 2.05) is 43.1 Å². The Hall–Kier alpha value is -0.870. The van der Waals surface area contributed by atoms with Crippen molar-refractivity contribution in [3.8, 4) is 0 Å². The highest BCUT2D eigenvalue weighted by molar-refractivity contribution is 9.10. The van der Waals surface area contributed by atoms with E-state index in [4.69, 9.17) is 0 Å². The molecule has 1 N–H and O–H groups in total. The van der Waals surface area contributed by atoms with Gasteiger partial charge in [0.1, 0.15) is 0 Å². The molecular formula is C15H20BrNO2. The molecule has 1 aromatic carbocycles. The van der Waals surface area contributed by atoms with Crippen LogP contribution in [0.2, 0.25) is 0 Å². The summed E-state index contributed by atoms with van der Waals surface area (Å²) >= 11 is 3.37. The van der Waals surface area contributed by atoms with E-state index in [0.29, 0.717) is 5.56 Å². The molecule has 3 nitrogen and oxygen atoms in total. The van der Waals surface area contributed by atoms with Crippen molar-refractivity contribution in [2.75, 3.05) is 7.05 Å². The molecule has 0 aromatic heterocycles. The molecule has 0 saturated heterocycles. The van der Waals surface area contributed by atoms with Gasteiger partial charge in [0, 0.05) is 23.1 Å². The van der Waals surface area contributed by atoms with Crippen LogP contribution in [0.25, 0.3) is 0 Å². The number of amides is 1. The molecule has 2 rings (SSSR count). The molecule has 1 aliphatic carbocycles.